The zero-order valence-electron chi connectivity index (χ0n) is 4.65. The molecule has 1 aromatic rings. The van der Waals surface area contributed by atoms with Crippen molar-refractivity contribution in [2.75, 3.05) is 0 Å². The van der Waals surface area contributed by atoms with Gasteiger partial charge in [-0.3, -0.25) is 5.10 Å². The third-order valence-electron chi connectivity index (χ3n) is 0.854. The Morgan fingerprint density at radius 3 is 3.33 bits per heavy atom. The van der Waals surface area contributed by atoms with Crippen molar-refractivity contribution in [3.8, 4) is 0 Å². The van der Waals surface area contributed by atoms with Gasteiger partial charge in [-0.25, -0.2) is 0 Å². The molecular formula is C4H5N5. The van der Waals surface area contributed by atoms with Crippen LogP contribution in [0.5, 0.6) is 0 Å². The number of rotatable bonds is 2. The van der Waals surface area contributed by atoms with Crippen molar-refractivity contribution in [2.24, 2.45) is 5.11 Å². The summed E-state index contributed by atoms with van der Waals surface area (Å²) in [5, 5.41) is 9.68. The van der Waals surface area contributed by atoms with E-state index in [0.717, 1.165) is 5.69 Å². The van der Waals surface area contributed by atoms with E-state index in [9.17, 15) is 0 Å². The lowest BCUT2D eigenvalue weighted by atomic mass is 10.4. The minimum atomic E-state index is 0.319. The Kier molecular flexibility index (Phi) is 1.72. The first-order valence-electron chi connectivity index (χ1n) is 2.43. The molecule has 0 amide bonds. The lowest BCUT2D eigenvalue weighted by Gasteiger charge is -1.78. The van der Waals surface area contributed by atoms with Gasteiger partial charge in [0.1, 0.15) is 0 Å². The Hall–Kier alpha value is -1.48. The molecule has 1 N–H and O–H groups in total. The topological polar surface area (TPSA) is 77.4 Å². The summed E-state index contributed by atoms with van der Waals surface area (Å²) in [6, 6.07) is 1.76. The van der Waals surface area contributed by atoms with Crippen LogP contribution in [0.2, 0.25) is 0 Å². The quantitative estimate of drug-likeness (QED) is 0.358. The molecule has 9 heavy (non-hydrogen) atoms. The third-order valence-corrected chi connectivity index (χ3v) is 0.854. The van der Waals surface area contributed by atoms with Gasteiger partial charge in [0, 0.05) is 11.1 Å². The normalized spacial score (nSPS) is 8.44. The van der Waals surface area contributed by atoms with Crippen molar-refractivity contribution in [1.29, 1.82) is 0 Å². The van der Waals surface area contributed by atoms with Crippen molar-refractivity contribution in [2.45, 2.75) is 6.54 Å². The van der Waals surface area contributed by atoms with Gasteiger partial charge in [-0.2, -0.15) is 5.10 Å². The van der Waals surface area contributed by atoms with Gasteiger partial charge in [0.05, 0.1) is 12.2 Å². The zero-order chi connectivity index (χ0) is 6.53. The van der Waals surface area contributed by atoms with Gasteiger partial charge in [0.25, 0.3) is 0 Å². The molecule has 0 aromatic carbocycles. The molecule has 1 rings (SSSR count). The van der Waals surface area contributed by atoms with Gasteiger partial charge in [0.15, 0.2) is 0 Å². The van der Waals surface area contributed by atoms with Crippen molar-refractivity contribution in [1.82, 2.24) is 10.2 Å². The number of azide groups is 1. The molecule has 0 saturated carbocycles. The first-order chi connectivity index (χ1) is 4.43. The van der Waals surface area contributed by atoms with Crippen LogP contribution < -0.4 is 0 Å². The number of hydrogen-bond donors (Lipinski definition) is 1. The van der Waals surface area contributed by atoms with E-state index in [0.29, 0.717) is 6.54 Å². The number of aromatic amines is 1. The van der Waals surface area contributed by atoms with E-state index in [1.165, 1.54) is 0 Å². The van der Waals surface area contributed by atoms with Crippen molar-refractivity contribution in [3.05, 3.63) is 28.4 Å². The lowest BCUT2D eigenvalue weighted by Crippen LogP contribution is -1.77. The second kappa shape index (κ2) is 2.74. The van der Waals surface area contributed by atoms with Crippen LogP contribution in [0.3, 0.4) is 0 Å². The van der Waals surface area contributed by atoms with Gasteiger partial charge in [-0.1, -0.05) is 5.11 Å². The van der Waals surface area contributed by atoms with Crippen molar-refractivity contribution in [3.63, 3.8) is 0 Å². The molecule has 0 unspecified atom stereocenters. The van der Waals surface area contributed by atoms with E-state index in [1.54, 1.807) is 12.3 Å². The van der Waals surface area contributed by atoms with Gasteiger partial charge in [-0.15, -0.1) is 0 Å². The van der Waals surface area contributed by atoms with Gasteiger partial charge < -0.3 is 0 Å². The predicted molar refractivity (Wildman–Crippen MR) is 31.4 cm³/mol. The predicted octanol–water partition coefficient (Wildman–Crippen LogP) is 1.22. The molecule has 46 valence electrons. The van der Waals surface area contributed by atoms with E-state index in [2.05, 4.69) is 20.2 Å². The smallest absolute Gasteiger partial charge is 0.0702 e. The summed E-state index contributed by atoms with van der Waals surface area (Å²) in [5.74, 6) is 0. The Bertz CT molecular complexity index is 207. The molecule has 0 bridgehead atoms. The molecule has 0 aliphatic carbocycles. The Balaban J connectivity index is 2.57. The van der Waals surface area contributed by atoms with Crippen molar-refractivity contribution < 1.29 is 0 Å². The minimum absolute atomic E-state index is 0.319. The fraction of sp³-hybridized carbons (Fsp3) is 0.250. The summed E-state index contributed by atoms with van der Waals surface area (Å²) in [6.07, 6.45) is 1.68. The molecule has 0 atom stereocenters. The number of nitrogens with one attached hydrogen (secondary N) is 1. The molecule has 1 heterocycles. The zero-order valence-corrected chi connectivity index (χ0v) is 4.65. The van der Waals surface area contributed by atoms with E-state index in [1.807, 2.05) is 0 Å². The summed E-state index contributed by atoms with van der Waals surface area (Å²) >= 11 is 0. The van der Waals surface area contributed by atoms with Crippen LogP contribution in [-0.4, -0.2) is 10.2 Å². The van der Waals surface area contributed by atoms with Crippen LogP contribution in [0.1, 0.15) is 5.69 Å². The monoisotopic (exact) mass is 123 g/mol. The highest BCUT2D eigenvalue weighted by molar-refractivity contribution is 4.96. The molecule has 5 heteroatoms. The first-order valence-corrected chi connectivity index (χ1v) is 2.43. The maximum Gasteiger partial charge on any atom is 0.0702 e. The van der Waals surface area contributed by atoms with Crippen LogP contribution in [0.25, 0.3) is 10.4 Å². The van der Waals surface area contributed by atoms with Crippen LogP contribution >= 0.6 is 0 Å². The summed E-state index contributed by atoms with van der Waals surface area (Å²) in [6.45, 7) is 0.319. The number of aromatic nitrogens is 2. The standard InChI is InChI=1S/C4H5N5/c5-9-7-3-4-1-2-6-8-4/h1-2H,3H2,(H,6,8). The summed E-state index contributed by atoms with van der Waals surface area (Å²) in [7, 11) is 0. The largest absolute Gasteiger partial charge is 0.285 e. The summed E-state index contributed by atoms with van der Waals surface area (Å²) < 4.78 is 0. The summed E-state index contributed by atoms with van der Waals surface area (Å²) in [4.78, 5) is 2.58. The molecule has 1 aromatic heterocycles. The molecule has 0 spiro atoms. The fourth-order valence-electron chi connectivity index (χ4n) is 0.483. The van der Waals surface area contributed by atoms with Crippen LogP contribution in [-0.2, 0) is 6.54 Å². The van der Waals surface area contributed by atoms with E-state index >= 15 is 0 Å². The molecule has 0 radical (unpaired) electrons. The minimum Gasteiger partial charge on any atom is -0.285 e. The van der Waals surface area contributed by atoms with E-state index in [-0.39, 0.29) is 0 Å². The molecule has 0 fully saturated rings. The van der Waals surface area contributed by atoms with Crippen LogP contribution in [0.4, 0.5) is 0 Å². The number of nitrogens with zero attached hydrogens (tertiary/aromatic N) is 4. The Morgan fingerprint density at radius 1 is 1.89 bits per heavy atom. The van der Waals surface area contributed by atoms with Crippen molar-refractivity contribution >= 4 is 0 Å². The molecule has 0 saturated heterocycles. The summed E-state index contributed by atoms with van der Waals surface area (Å²) in [5.41, 5.74) is 8.64. The molecule has 0 aliphatic heterocycles. The van der Waals surface area contributed by atoms with Gasteiger partial charge in [-0.05, 0) is 11.6 Å². The molecular weight excluding hydrogens is 118 g/mol. The van der Waals surface area contributed by atoms with Gasteiger partial charge in [0.2, 0.25) is 0 Å². The Morgan fingerprint density at radius 2 is 2.78 bits per heavy atom. The lowest BCUT2D eigenvalue weighted by molar-refractivity contribution is 0.938. The average Bonchev–Trinajstić information content (AvgIpc) is 2.34. The van der Waals surface area contributed by atoms with Crippen LogP contribution in [0.15, 0.2) is 17.4 Å². The highest BCUT2D eigenvalue weighted by Gasteiger charge is 1.87. The first kappa shape index (κ1) is 5.65. The van der Waals surface area contributed by atoms with Crippen LogP contribution in [0, 0.1) is 0 Å². The van der Waals surface area contributed by atoms with Gasteiger partial charge >= 0.3 is 0 Å². The fourth-order valence-corrected chi connectivity index (χ4v) is 0.483. The maximum absolute atomic E-state index is 7.89. The Labute approximate surface area is 51.3 Å². The average molecular weight is 123 g/mol. The van der Waals surface area contributed by atoms with E-state index in [4.69, 9.17) is 5.53 Å². The highest BCUT2D eigenvalue weighted by Crippen LogP contribution is 1.92. The molecule has 0 aliphatic rings. The third kappa shape index (κ3) is 1.47. The number of H-pyrrole nitrogens is 1. The second-order valence-corrected chi connectivity index (χ2v) is 1.45. The highest BCUT2D eigenvalue weighted by atomic mass is 15.2. The number of hydrogen-bond acceptors (Lipinski definition) is 2. The SMILES string of the molecule is [N-]=[N+]=NCc1cc[nH]n1. The second-order valence-electron chi connectivity index (χ2n) is 1.45. The van der Waals surface area contributed by atoms with E-state index < -0.39 is 0 Å². The maximum atomic E-state index is 7.89. The molecule has 5 nitrogen and oxygen atoms in total.